The van der Waals surface area contributed by atoms with Crippen LogP contribution >= 0.6 is 0 Å². The number of hydrogen-bond donors (Lipinski definition) is 0. The lowest BCUT2D eigenvalue weighted by Crippen LogP contribution is -2.40. The first-order valence-corrected chi connectivity index (χ1v) is 10.5. The van der Waals surface area contributed by atoms with Gasteiger partial charge in [0, 0.05) is 38.8 Å². The Kier molecular flexibility index (Phi) is 6.76. The second-order valence-electron chi connectivity index (χ2n) is 8.19. The van der Waals surface area contributed by atoms with E-state index in [1.807, 2.05) is 0 Å². The van der Waals surface area contributed by atoms with Crippen molar-refractivity contribution in [1.29, 1.82) is 0 Å². The second kappa shape index (κ2) is 9.25. The van der Waals surface area contributed by atoms with E-state index in [9.17, 15) is 0 Å². The van der Waals surface area contributed by atoms with Crippen molar-refractivity contribution in [3.8, 4) is 5.75 Å². The van der Waals surface area contributed by atoms with Crippen molar-refractivity contribution in [3.63, 3.8) is 0 Å². The molecule has 3 nitrogen and oxygen atoms in total. The molecule has 1 aliphatic carbocycles. The fourth-order valence-corrected chi connectivity index (χ4v) is 4.24. The van der Waals surface area contributed by atoms with Crippen LogP contribution in [0.15, 0.2) is 48.8 Å². The number of ether oxygens (including phenoxy) is 1. The van der Waals surface area contributed by atoms with Gasteiger partial charge in [-0.25, -0.2) is 0 Å². The minimum Gasteiger partial charge on any atom is -0.434 e. The molecule has 1 heterocycles. The van der Waals surface area contributed by atoms with Crippen molar-refractivity contribution >= 4 is 5.69 Å². The van der Waals surface area contributed by atoms with Crippen molar-refractivity contribution in [1.82, 2.24) is 0 Å². The average molecular weight is 368 g/mol. The Balaban J connectivity index is 1.56. The summed E-state index contributed by atoms with van der Waals surface area (Å²) >= 11 is 0. The molecule has 27 heavy (non-hydrogen) atoms. The molecule has 1 atom stereocenters. The minimum atomic E-state index is -0.0310. The monoisotopic (exact) mass is 367 g/mol. The molecule has 3 heteroatoms. The first-order valence-electron chi connectivity index (χ1n) is 10.5. The van der Waals surface area contributed by atoms with Gasteiger partial charge in [0.25, 0.3) is 6.23 Å². The van der Waals surface area contributed by atoms with Gasteiger partial charge < -0.3 is 9.64 Å². The molecule has 146 valence electrons. The molecule has 1 aliphatic rings. The van der Waals surface area contributed by atoms with Gasteiger partial charge in [-0.05, 0) is 55.2 Å². The maximum absolute atomic E-state index is 6.14. The predicted molar refractivity (Wildman–Crippen MR) is 112 cm³/mol. The van der Waals surface area contributed by atoms with E-state index < -0.39 is 0 Å². The van der Waals surface area contributed by atoms with Crippen molar-refractivity contribution in [2.75, 3.05) is 19.0 Å². The van der Waals surface area contributed by atoms with Crippen LogP contribution in [0.25, 0.3) is 0 Å². The summed E-state index contributed by atoms with van der Waals surface area (Å²) in [5, 5.41) is 0. The van der Waals surface area contributed by atoms with Gasteiger partial charge in [0.05, 0.1) is 0 Å². The Labute approximate surface area is 165 Å². The van der Waals surface area contributed by atoms with Crippen molar-refractivity contribution in [2.24, 2.45) is 5.92 Å². The lowest BCUT2D eigenvalue weighted by atomic mass is 9.77. The molecular formula is C24H35N2O+. The number of nitrogens with zero attached hydrogens (tertiary/aromatic N) is 2. The quantitative estimate of drug-likeness (QED) is 0.583. The highest BCUT2D eigenvalue weighted by Crippen LogP contribution is 2.37. The number of hydrogen-bond acceptors (Lipinski definition) is 2. The lowest BCUT2D eigenvalue weighted by molar-refractivity contribution is -0.749. The van der Waals surface area contributed by atoms with Crippen LogP contribution in [0.1, 0.15) is 70.1 Å². The summed E-state index contributed by atoms with van der Waals surface area (Å²) in [7, 11) is 4.11. The molecule has 0 spiro atoms. The van der Waals surface area contributed by atoms with Gasteiger partial charge in [0.2, 0.25) is 0 Å². The molecule has 0 bridgehead atoms. The fourth-order valence-electron chi connectivity index (χ4n) is 4.24. The molecular weight excluding hydrogens is 332 g/mol. The van der Waals surface area contributed by atoms with E-state index in [0.29, 0.717) is 0 Å². The third-order valence-corrected chi connectivity index (χ3v) is 5.97. The molecule has 1 aromatic heterocycles. The summed E-state index contributed by atoms with van der Waals surface area (Å²) in [6.45, 7) is 4.39. The Morgan fingerprint density at radius 1 is 1.00 bits per heavy atom. The van der Waals surface area contributed by atoms with Crippen LogP contribution in [-0.2, 0) is 0 Å². The van der Waals surface area contributed by atoms with Crippen LogP contribution in [0.5, 0.6) is 5.75 Å². The van der Waals surface area contributed by atoms with E-state index in [2.05, 4.69) is 86.2 Å². The normalized spacial score (nSPS) is 20.9. The van der Waals surface area contributed by atoms with Gasteiger partial charge in [0.15, 0.2) is 12.4 Å². The highest BCUT2D eigenvalue weighted by molar-refractivity contribution is 5.41. The highest BCUT2D eigenvalue weighted by atomic mass is 16.5. The van der Waals surface area contributed by atoms with Crippen LogP contribution in [0.4, 0.5) is 5.69 Å². The second-order valence-corrected chi connectivity index (χ2v) is 8.19. The minimum absolute atomic E-state index is 0.0310. The maximum atomic E-state index is 6.14. The zero-order valence-electron chi connectivity index (χ0n) is 17.4. The van der Waals surface area contributed by atoms with Crippen LogP contribution in [0.2, 0.25) is 0 Å². The SMILES string of the molecule is CCCC1CCC(c2ccc(OC(C)[n+]3ccc(N(C)C)cc3)cc2)CC1. The van der Waals surface area contributed by atoms with Gasteiger partial charge >= 0.3 is 0 Å². The highest BCUT2D eigenvalue weighted by Gasteiger charge is 2.22. The first-order chi connectivity index (χ1) is 13.1. The van der Waals surface area contributed by atoms with Crippen LogP contribution in [-0.4, -0.2) is 14.1 Å². The number of benzene rings is 1. The van der Waals surface area contributed by atoms with Crippen molar-refractivity contribution in [2.45, 2.75) is 64.5 Å². The Morgan fingerprint density at radius 3 is 2.19 bits per heavy atom. The fraction of sp³-hybridized carbons (Fsp3) is 0.542. The van der Waals surface area contributed by atoms with E-state index in [-0.39, 0.29) is 6.23 Å². The van der Waals surface area contributed by atoms with Crippen molar-refractivity contribution < 1.29 is 9.30 Å². The van der Waals surface area contributed by atoms with E-state index in [4.69, 9.17) is 4.74 Å². The number of rotatable bonds is 7. The molecule has 0 amide bonds. The largest absolute Gasteiger partial charge is 0.434 e. The first kappa shape index (κ1) is 19.7. The van der Waals surface area contributed by atoms with Crippen LogP contribution < -0.4 is 14.2 Å². The molecule has 0 saturated heterocycles. The summed E-state index contributed by atoms with van der Waals surface area (Å²) in [6.07, 6.45) is 12.3. The van der Waals surface area contributed by atoms with E-state index in [1.54, 1.807) is 0 Å². The van der Waals surface area contributed by atoms with Gasteiger partial charge in [0.1, 0.15) is 5.75 Å². The molecule has 3 rings (SSSR count). The molecule has 0 N–H and O–H groups in total. The predicted octanol–water partition coefficient (Wildman–Crippen LogP) is 5.71. The lowest BCUT2D eigenvalue weighted by Gasteiger charge is -2.28. The molecule has 2 aromatic rings. The van der Waals surface area contributed by atoms with E-state index in [1.165, 1.54) is 49.8 Å². The summed E-state index contributed by atoms with van der Waals surface area (Å²) in [5.41, 5.74) is 2.67. The number of aromatic nitrogens is 1. The number of anilines is 1. The summed E-state index contributed by atoms with van der Waals surface area (Å²) in [5.74, 6) is 2.64. The van der Waals surface area contributed by atoms with Crippen molar-refractivity contribution in [3.05, 3.63) is 54.4 Å². The van der Waals surface area contributed by atoms with Crippen LogP contribution in [0.3, 0.4) is 0 Å². The van der Waals surface area contributed by atoms with Crippen LogP contribution in [0, 0.1) is 5.92 Å². The average Bonchev–Trinajstić information content (AvgIpc) is 2.69. The van der Waals surface area contributed by atoms with Gasteiger partial charge in [-0.15, -0.1) is 0 Å². The third kappa shape index (κ3) is 5.24. The Morgan fingerprint density at radius 2 is 1.63 bits per heavy atom. The Bertz CT molecular complexity index is 685. The van der Waals surface area contributed by atoms with Gasteiger partial charge in [-0.1, -0.05) is 31.9 Å². The Hall–Kier alpha value is -2.03. The molecule has 0 aliphatic heterocycles. The standard InChI is InChI=1S/C24H35N2O/c1-5-6-20-7-9-21(10-8-20)22-11-13-24(14-12-22)27-19(2)26-17-15-23(16-18-26)25(3)4/h11-21H,5-10H2,1-4H3/q+1. The molecule has 1 saturated carbocycles. The van der Waals surface area contributed by atoms with E-state index >= 15 is 0 Å². The summed E-state index contributed by atoms with van der Waals surface area (Å²) in [4.78, 5) is 2.10. The molecule has 0 radical (unpaired) electrons. The van der Waals surface area contributed by atoms with Gasteiger partial charge in [-0.2, -0.15) is 4.57 Å². The smallest absolute Gasteiger partial charge is 0.298 e. The summed E-state index contributed by atoms with van der Waals surface area (Å²) < 4.78 is 8.23. The topological polar surface area (TPSA) is 16.4 Å². The number of pyridine rings is 1. The molecule has 1 unspecified atom stereocenters. The summed E-state index contributed by atoms with van der Waals surface area (Å²) in [6, 6.07) is 13.0. The zero-order valence-corrected chi connectivity index (χ0v) is 17.4. The zero-order chi connectivity index (χ0) is 19.2. The third-order valence-electron chi connectivity index (χ3n) is 5.97. The molecule has 1 fully saturated rings. The van der Waals surface area contributed by atoms with Gasteiger partial charge in [-0.3, -0.25) is 0 Å². The molecule has 1 aromatic carbocycles. The van der Waals surface area contributed by atoms with E-state index in [0.717, 1.165) is 17.6 Å². The maximum Gasteiger partial charge on any atom is 0.298 e.